The zero-order valence-electron chi connectivity index (χ0n) is 12.6. The monoisotopic (exact) mass is 287 g/mol. The highest BCUT2D eigenvalue weighted by atomic mass is 16.3. The number of hydrogen-bond donors (Lipinski definition) is 3. The van der Waals surface area contributed by atoms with Gasteiger partial charge in [0, 0.05) is 6.04 Å². The van der Waals surface area contributed by atoms with E-state index in [1.54, 1.807) is 6.07 Å². The Kier molecular flexibility index (Phi) is 2.89. The molecule has 3 aliphatic carbocycles. The molecule has 1 aromatic rings. The molecule has 6 atom stereocenters. The van der Waals surface area contributed by atoms with Crippen LogP contribution in [0.4, 0.5) is 0 Å². The number of nitrogens with two attached hydrogens (primary N) is 1. The third-order valence-electron chi connectivity index (χ3n) is 6.78. The molecule has 114 valence electrons. The maximum absolute atomic E-state index is 10.4. The van der Waals surface area contributed by atoms with E-state index in [-0.39, 0.29) is 17.6 Å². The van der Waals surface area contributed by atoms with Gasteiger partial charge in [-0.1, -0.05) is 13.0 Å². The first-order chi connectivity index (χ1) is 10.0. The Morgan fingerprint density at radius 3 is 2.81 bits per heavy atom. The third-order valence-corrected chi connectivity index (χ3v) is 6.78. The summed E-state index contributed by atoms with van der Waals surface area (Å²) in [6, 6.07) is 5.75. The summed E-state index contributed by atoms with van der Waals surface area (Å²) in [5, 5.41) is 20.1. The van der Waals surface area contributed by atoms with E-state index < -0.39 is 0 Å². The maximum Gasteiger partial charge on any atom is 0.115 e. The first-order valence-corrected chi connectivity index (χ1v) is 8.27. The van der Waals surface area contributed by atoms with E-state index in [0.29, 0.717) is 23.5 Å². The highest BCUT2D eigenvalue weighted by molar-refractivity contribution is 5.42. The number of fused-ring (bicyclic) bond motifs is 5. The van der Waals surface area contributed by atoms with E-state index in [2.05, 4.69) is 13.0 Å². The predicted molar refractivity (Wildman–Crippen MR) is 82.0 cm³/mol. The summed E-state index contributed by atoms with van der Waals surface area (Å²) in [5.74, 6) is 2.07. The van der Waals surface area contributed by atoms with Crippen LogP contribution in [0.15, 0.2) is 18.2 Å². The second-order valence-corrected chi connectivity index (χ2v) is 7.67. The van der Waals surface area contributed by atoms with Crippen molar-refractivity contribution in [3.63, 3.8) is 0 Å². The lowest BCUT2D eigenvalue weighted by Crippen LogP contribution is -2.45. The average Bonchev–Trinajstić information content (AvgIpc) is 2.76. The summed E-state index contributed by atoms with van der Waals surface area (Å²) in [5.41, 5.74) is 8.99. The standard InChI is InChI=1S/C18H25NO2/c1-18-7-6-12-11-3-2-10(20)8-14(11)16(19)9-13(12)15(18)4-5-17(18)21/h2-3,8,12-13,15-17,20-21H,4-7,9,19H2,1H3/t12-,13-,15+,16?,17+,18+/m1/s1. The van der Waals surface area contributed by atoms with Crippen LogP contribution in [-0.2, 0) is 0 Å². The molecule has 0 radical (unpaired) electrons. The highest BCUT2D eigenvalue weighted by Gasteiger charge is 2.55. The molecule has 1 unspecified atom stereocenters. The number of aliphatic hydroxyl groups is 1. The molecule has 0 aliphatic heterocycles. The van der Waals surface area contributed by atoms with Gasteiger partial charge >= 0.3 is 0 Å². The van der Waals surface area contributed by atoms with Gasteiger partial charge in [0.25, 0.3) is 0 Å². The van der Waals surface area contributed by atoms with Crippen LogP contribution in [-0.4, -0.2) is 16.3 Å². The molecular weight excluding hydrogens is 262 g/mol. The SMILES string of the molecule is C[C@]12CC[C@@H]3c4ccc(O)cc4C(N)C[C@H]3[C@@H]1CC[C@@H]2O. The van der Waals surface area contributed by atoms with Gasteiger partial charge in [-0.15, -0.1) is 0 Å². The van der Waals surface area contributed by atoms with Crippen molar-refractivity contribution in [1.82, 2.24) is 0 Å². The van der Waals surface area contributed by atoms with Gasteiger partial charge in [0.05, 0.1) is 6.10 Å². The maximum atomic E-state index is 10.4. The highest BCUT2D eigenvalue weighted by Crippen LogP contribution is 2.61. The summed E-state index contributed by atoms with van der Waals surface area (Å²) in [4.78, 5) is 0. The van der Waals surface area contributed by atoms with E-state index in [4.69, 9.17) is 5.73 Å². The normalized spacial score (nSPS) is 44.8. The zero-order chi connectivity index (χ0) is 14.8. The molecule has 3 heteroatoms. The van der Waals surface area contributed by atoms with Crippen LogP contribution in [0.1, 0.15) is 62.1 Å². The van der Waals surface area contributed by atoms with Crippen LogP contribution < -0.4 is 5.73 Å². The van der Waals surface area contributed by atoms with E-state index in [9.17, 15) is 10.2 Å². The minimum absolute atomic E-state index is 0.0217. The van der Waals surface area contributed by atoms with Crippen molar-refractivity contribution in [2.75, 3.05) is 0 Å². The van der Waals surface area contributed by atoms with Crippen LogP contribution in [0.2, 0.25) is 0 Å². The summed E-state index contributed by atoms with van der Waals surface area (Å²) in [6.07, 6.45) is 5.19. The van der Waals surface area contributed by atoms with Gasteiger partial charge in [0.1, 0.15) is 5.75 Å². The average molecular weight is 287 g/mol. The van der Waals surface area contributed by atoms with E-state index in [0.717, 1.165) is 37.7 Å². The lowest BCUT2D eigenvalue weighted by atomic mass is 9.55. The first kappa shape index (κ1) is 13.6. The molecule has 21 heavy (non-hydrogen) atoms. The molecule has 4 N–H and O–H groups in total. The molecule has 0 saturated heterocycles. The molecule has 0 bridgehead atoms. The molecule has 0 spiro atoms. The Morgan fingerprint density at radius 1 is 1.19 bits per heavy atom. The quantitative estimate of drug-likeness (QED) is 0.687. The summed E-state index contributed by atoms with van der Waals surface area (Å²) < 4.78 is 0. The molecule has 3 aliphatic rings. The predicted octanol–water partition coefficient (Wildman–Crippen LogP) is 3.07. The van der Waals surface area contributed by atoms with Gasteiger partial charge in [0.15, 0.2) is 0 Å². The molecule has 1 aromatic carbocycles. The van der Waals surface area contributed by atoms with Crippen molar-refractivity contribution in [3.05, 3.63) is 29.3 Å². The third kappa shape index (κ3) is 1.80. The fourth-order valence-corrected chi connectivity index (χ4v) is 5.62. The molecule has 0 heterocycles. The van der Waals surface area contributed by atoms with Gasteiger partial charge in [-0.25, -0.2) is 0 Å². The molecule has 2 saturated carbocycles. The van der Waals surface area contributed by atoms with Crippen molar-refractivity contribution >= 4 is 0 Å². The Bertz CT molecular complexity index is 572. The number of aliphatic hydroxyl groups excluding tert-OH is 1. The minimum atomic E-state index is -0.138. The van der Waals surface area contributed by atoms with Crippen LogP contribution >= 0.6 is 0 Å². The Labute approximate surface area is 126 Å². The molecule has 3 nitrogen and oxygen atoms in total. The number of hydrogen-bond acceptors (Lipinski definition) is 3. The van der Waals surface area contributed by atoms with Crippen LogP contribution in [0.5, 0.6) is 5.75 Å². The molecule has 0 amide bonds. The molecule has 0 aromatic heterocycles. The molecular formula is C18H25NO2. The fraction of sp³-hybridized carbons (Fsp3) is 0.667. The molecule has 4 rings (SSSR count). The number of phenolic OH excluding ortho intramolecular Hbond substituents is 1. The lowest BCUT2D eigenvalue weighted by molar-refractivity contribution is -0.0248. The van der Waals surface area contributed by atoms with Crippen LogP contribution in [0, 0.1) is 17.3 Å². The van der Waals surface area contributed by atoms with Gasteiger partial charge in [-0.2, -0.15) is 0 Å². The molecule has 2 fully saturated rings. The van der Waals surface area contributed by atoms with E-state index >= 15 is 0 Å². The van der Waals surface area contributed by atoms with Crippen molar-refractivity contribution < 1.29 is 10.2 Å². The topological polar surface area (TPSA) is 66.5 Å². The smallest absolute Gasteiger partial charge is 0.115 e. The fourth-order valence-electron chi connectivity index (χ4n) is 5.62. The van der Waals surface area contributed by atoms with Crippen LogP contribution in [0.25, 0.3) is 0 Å². The largest absolute Gasteiger partial charge is 0.508 e. The number of aromatic hydroxyl groups is 1. The second-order valence-electron chi connectivity index (χ2n) is 7.67. The second kappa shape index (κ2) is 4.47. The first-order valence-electron chi connectivity index (χ1n) is 8.27. The van der Waals surface area contributed by atoms with Gasteiger partial charge in [-0.3, -0.25) is 0 Å². The number of benzene rings is 1. The van der Waals surface area contributed by atoms with Crippen molar-refractivity contribution in [3.8, 4) is 5.75 Å². The van der Waals surface area contributed by atoms with Crippen molar-refractivity contribution in [1.29, 1.82) is 0 Å². The minimum Gasteiger partial charge on any atom is -0.508 e. The zero-order valence-corrected chi connectivity index (χ0v) is 12.6. The van der Waals surface area contributed by atoms with Crippen LogP contribution in [0.3, 0.4) is 0 Å². The lowest BCUT2D eigenvalue weighted by Gasteiger charge is -2.51. The summed E-state index contributed by atoms with van der Waals surface area (Å²) in [7, 11) is 0. The summed E-state index contributed by atoms with van der Waals surface area (Å²) >= 11 is 0. The van der Waals surface area contributed by atoms with Gasteiger partial charge in [0.2, 0.25) is 0 Å². The Hall–Kier alpha value is -1.06. The van der Waals surface area contributed by atoms with Crippen molar-refractivity contribution in [2.45, 2.75) is 57.1 Å². The van der Waals surface area contributed by atoms with E-state index in [1.807, 2.05) is 6.07 Å². The number of phenols is 1. The van der Waals surface area contributed by atoms with Gasteiger partial charge in [-0.05, 0) is 78.5 Å². The summed E-state index contributed by atoms with van der Waals surface area (Å²) in [6.45, 7) is 2.28. The number of rotatable bonds is 0. The Morgan fingerprint density at radius 2 is 2.00 bits per heavy atom. The Balaban J connectivity index is 1.75. The van der Waals surface area contributed by atoms with Crippen molar-refractivity contribution in [2.24, 2.45) is 23.0 Å². The van der Waals surface area contributed by atoms with Gasteiger partial charge < -0.3 is 15.9 Å². The van der Waals surface area contributed by atoms with E-state index in [1.165, 1.54) is 5.56 Å².